The highest BCUT2D eigenvalue weighted by atomic mass is 35.5. The maximum Gasteiger partial charge on any atom is 0.339 e. The van der Waals surface area contributed by atoms with Gasteiger partial charge in [0.1, 0.15) is 0 Å². The molecule has 0 unspecified atom stereocenters. The SMILES string of the molecule is CCCOc1cc(/C=N\NC(=O)Nc2ccc(Cl)cc2)ccc1OC. The van der Waals surface area contributed by atoms with Crippen LogP contribution >= 0.6 is 11.6 Å². The molecule has 0 fully saturated rings. The molecule has 0 aliphatic rings. The van der Waals surface area contributed by atoms with E-state index in [0.717, 1.165) is 12.0 Å². The summed E-state index contributed by atoms with van der Waals surface area (Å²) in [6.07, 6.45) is 2.42. The van der Waals surface area contributed by atoms with Crippen LogP contribution in [0.25, 0.3) is 0 Å². The fourth-order valence-corrected chi connectivity index (χ4v) is 2.08. The van der Waals surface area contributed by atoms with Gasteiger partial charge >= 0.3 is 6.03 Å². The van der Waals surface area contributed by atoms with E-state index in [1.54, 1.807) is 43.5 Å². The van der Waals surface area contributed by atoms with Gasteiger partial charge in [0.25, 0.3) is 0 Å². The van der Waals surface area contributed by atoms with E-state index in [1.165, 1.54) is 6.21 Å². The Morgan fingerprint density at radius 3 is 2.64 bits per heavy atom. The number of nitrogens with one attached hydrogen (secondary N) is 2. The van der Waals surface area contributed by atoms with E-state index in [-0.39, 0.29) is 0 Å². The van der Waals surface area contributed by atoms with Gasteiger partial charge in [-0.3, -0.25) is 0 Å². The third-order valence-corrected chi connectivity index (χ3v) is 3.38. The first-order valence-corrected chi connectivity index (χ1v) is 8.16. The molecule has 6 nitrogen and oxygen atoms in total. The average Bonchev–Trinajstić information content (AvgIpc) is 2.62. The molecule has 0 aliphatic carbocycles. The minimum absolute atomic E-state index is 0.449. The summed E-state index contributed by atoms with van der Waals surface area (Å²) in [6.45, 7) is 2.62. The van der Waals surface area contributed by atoms with Crippen molar-refractivity contribution in [1.82, 2.24) is 5.43 Å². The normalized spacial score (nSPS) is 10.5. The lowest BCUT2D eigenvalue weighted by molar-refractivity contribution is 0.252. The molecule has 2 rings (SSSR count). The first-order chi connectivity index (χ1) is 12.1. The smallest absolute Gasteiger partial charge is 0.339 e. The van der Waals surface area contributed by atoms with Gasteiger partial charge in [-0.15, -0.1) is 0 Å². The summed E-state index contributed by atoms with van der Waals surface area (Å²) in [6, 6.07) is 11.7. The predicted octanol–water partition coefficient (Wildman–Crippen LogP) is 4.29. The molecule has 2 aromatic carbocycles. The largest absolute Gasteiger partial charge is 0.493 e. The Labute approximate surface area is 151 Å². The molecular weight excluding hydrogens is 342 g/mol. The average molecular weight is 362 g/mol. The summed E-state index contributed by atoms with van der Waals surface area (Å²) in [4.78, 5) is 11.8. The second-order valence-electron chi connectivity index (χ2n) is 5.09. The van der Waals surface area contributed by atoms with Crippen LogP contribution in [0.1, 0.15) is 18.9 Å². The van der Waals surface area contributed by atoms with Crippen LogP contribution in [0.4, 0.5) is 10.5 Å². The first kappa shape index (κ1) is 18.6. The van der Waals surface area contributed by atoms with Crippen molar-refractivity contribution in [2.45, 2.75) is 13.3 Å². The Hall–Kier alpha value is -2.73. The number of halogens is 1. The number of rotatable bonds is 7. The Balaban J connectivity index is 1.94. The highest BCUT2D eigenvalue weighted by Crippen LogP contribution is 2.27. The Morgan fingerprint density at radius 1 is 1.20 bits per heavy atom. The maximum absolute atomic E-state index is 11.8. The van der Waals surface area contributed by atoms with Gasteiger partial charge in [0, 0.05) is 10.7 Å². The van der Waals surface area contributed by atoms with Crippen molar-refractivity contribution in [3.05, 3.63) is 53.1 Å². The van der Waals surface area contributed by atoms with Gasteiger partial charge in [0.05, 0.1) is 19.9 Å². The third-order valence-electron chi connectivity index (χ3n) is 3.13. The molecule has 0 saturated heterocycles. The minimum Gasteiger partial charge on any atom is -0.493 e. The zero-order valence-electron chi connectivity index (χ0n) is 14.1. The summed E-state index contributed by atoms with van der Waals surface area (Å²) in [5.74, 6) is 1.29. The predicted molar refractivity (Wildman–Crippen MR) is 100.0 cm³/mol. The second-order valence-corrected chi connectivity index (χ2v) is 5.53. The molecule has 2 aromatic rings. The second kappa shape index (κ2) is 9.54. The van der Waals surface area contributed by atoms with Crippen LogP contribution in [0.2, 0.25) is 5.02 Å². The van der Waals surface area contributed by atoms with E-state index in [2.05, 4.69) is 15.8 Å². The van der Waals surface area contributed by atoms with Crippen LogP contribution in [-0.2, 0) is 0 Å². The number of methoxy groups -OCH3 is 1. The highest BCUT2D eigenvalue weighted by Gasteiger charge is 2.05. The van der Waals surface area contributed by atoms with Gasteiger partial charge in [-0.05, 0) is 54.4 Å². The van der Waals surface area contributed by atoms with Crippen LogP contribution in [0, 0.1) is 0 Å². The van der Waals surface area contributed by atoms with Crippen molar-refractivity contribution in [3.8, 4) is 11.5 Å². The number of ether oxygens (including phenoxy) is 2. The number of hydrazone groups is 1. The van der Waals surface area contributed by atoms with Crippen molar-refractivity contribution < 1.29 is 14.3 Å². The molecule has 0 radical (unpaired) electrons. The molecular formula is C18H20ClN3O3. The van der Waals surface area contributed by atoms with E-state index >= 15 is 0 Å². The lowest BCUT2D eigenvalue weighted by Gasteiger charge is -2.10. The van der Waals surface area contributed by atoms with Gasteiger partial charge < -0.3 is 14.8 Å². The molecule has 0 bridgehead atoms. The van der Waals surface area contributed by atoms with E-state index < -0.39 is 6.03 Å². The number of amides is 2. The molecule has 132 valence electrons. The van der Waals surface area contributed by atoms with Crippen LogP contribution in [0.5, 0.6) is 11.5 Å². The van der Waals surface area contributed by atoms with Crippen LogP contribution in [-0.4, -0.2) is 26.0 Å². The summed E-state index contributed by atoms with van der Waals surface area (Å²) >= 11 is 5.79. The molecule has 25 heavy (non-hydrogen) atoms. The van der Waals surface area contributed by atoms with Gasteiger partial charge in [-0.25, -0.2) is 10.2 Å². The van der Waals surface area contributed by atoms with Crippen LogP contribution in [0.3, 0.4) is 0 Å². The third kappa shape index (κ3) is 6.00. The molecule has 0 aliphatic heterocycles. The van der Waals surface area contributed by atoms with Crippen molar-refractivity contribution in [2.75, 3.05) is 19.0 Å². The minimum atomic E-state index is -0.449. The molecule has 0 heterocycles. The van der Waals surface area contributed by atoms with E-state index in [4.69, 9.17) is 21.1 Å². The molecule has 0 saturated carbocycles. The molecule has 0 aromatic heterocycles. The lowest BCUT2D eigenvalue weighted by Crippen LogP contribution is -2.24. The number of carbonyl (C=O) groups is 1. The number of urea groups is 1. The first-order valence-electron chi connectivity index (χ1n) is 7.79. The van der Waals surface area contributed by atoms with Crippen LogP contribution in [0.15, 0.2) is 47.6 Å². The number of carbonyl (C=O) groups excluding carboxylic acids is 1. The zero-order valence-corrected chi connectivity index (χ0v) is 14.8. The molecule has 7 heteroatoms. The van der Waals surface area contributed by atoms with Gasteiger partial charge in [0.2, 0.25) is 0 Å². The summed E-state index contributed by atoms with van der Waals surface area (Å²) in [7, 11) is 1.59. The zero-order chi connectivity index (χ0) is 18.1. The fraction of sp³-hybridized carbons (Fsp3) is 0.222. The molecule has 2 N–H and O–H groups in total. The number of hydrogen-bond acceptors (Lipinski definition) is 4. The Morgan fingerprint density at radius 2 is 1.96 bits per heavy atom. The monoisotopic (exact) mass is 361 g/mol. The van der Waals surface area contributed by atoms with E-state index in [0.29, 0.717) is 28.8 Å². The summed E-state index contributed by atoms with van der Waals surface area (Å²) in [5.41, 5.74) is 3.80. The van der Waals surface area contributed by atoms with E-state index in [1.807, 2.05) is 13.0 Å². The van der Waals surface area contributed by atoms with Crippen molar-refractivity contribution in [2.24, 2.45) is 5.10 Å². The Kier molecular flexibility index (Phi) is 7.10. The Bertz CT molecular complexity index is 733. The molecule has 0 atom stereocenters. The quantitative estimate of drug-likeness (QED) is 0.570. The fourth-order valence-electron chi connectivity index (χ4n) is 1.96. The lowest BCUT2D eigenvalue weighted by atomic mass is 10.2. The van der Waals surface area contributed by atoms with Crippen molar-refractivity contribution in [1.29, 1.82) is 0 Å². The van der Waals surface area contributed by atoms with Crippen molar-refractivity contribution in [3.63, 3.8) is 0 Å². The van der Waals surface area contributed by atoms with E-state index in [9.17, 15) is 4.79 Å². The number of nitrogens with zero attached hydrogens (tertiary/aromatic N) is 1. The standard InChI is InChI=1S/C18H20ClN3O3/c1-3-10-25-17-11-13(4-9-16(17)24-2)12-20-22-18(23)21-15-7-5-14(19)6-8-15/h4-9,11-12H,3,10H2,1-2H3,(H2,21,22,23)/b20-12-. The summed E-state index contributed by atoms with van der Waals surface area (Å²) < 4.78 is 10.9. The topological polar surface area (TPSA) is 72.0 Å². The maximum atomic E-state index is 11.8. The van der Waals surface area contributed by atoms with Gasteiger partial charge in [0.15, 0.2) is 11.5 Å². The van der Waals surface area contributed by atoms with Crippen molar-refractivity contribution >= 4 is 29.5 Å². The highest BCUT2D eigenvalue weighted by molar-refractivity contribution is 6.30. The number of hydrogen-bond donors (Lipinski definition) is 2. The number of anilines is 1. The summed E-state index contributed by atoms with van der Waals surface area (Å²) in [5, 5.41) is 7.17. The van der Waals surface area contributed by atoms with Gasteiger partial charge in [-0.2, -0.15) is 5.10 Å². The van der Waals surface area contributed by atoms with Gasteiger partial charge in [-0.1, -0.05) is 18.5 Å². The molecule has 0 spiro atoms. The molecule has 2 amide bonds. The van der Waals surface area contributed by atoms with Crippen LogP contribution < -0.4 is 20.2 Å². The number of benzene rings is 2.